The standard InChI is InChI=1S/C20H24N2O/c1-6-22-16(5)15(4)18-9-10-21-20(19(18)22)23-12-17-11-13(2)7-8-14(17)3/h7-11H,6,12H2,1-5H3. The van der Waals surface area contributed by atoms with Crippen molar-refractivity contribution in [2.24, 2.45) is 0 Å². The van der Waals surface area contributed by atoms with E-state index in [1.165, 1.54) is 33.3 Å². The maximum Gasteiger partial charge on any atom is 0.238 e. The molecule has 0 spiro atoms. The quantitative estimate of drug-likeness (QED) is 0.687. The minimum absolute atomic E-state index is 0.548. The monoisotopic (exact) mass is 308 g/mol. The average Bonchev–Trinajstić information content (AvgIpc) is 2.80. The molecule has 2 aromatic heterocycles. The number of benzene rings is 1. The van der Waals surface area contributed by atoms with Crippen molar-refractivity contribution in [3.8, 4) is 5.88 Å². The first-order valence-corrected chi connectivity index (χ1v) is 8.16. The largest absolute Gasteiger partial charge is 0.471 e. The van der Waals surface area contributed by atoms with Crippen molar-refractivity contribution in [2.75, 3.05) is 0 Å². The van der Waals surface area contributed by atoms with E-state index in [4.69, 9.17) is 4.74 Å². The van der Waals surface area contributed by atoms with Gasteiger partial charge in [-0.2, -0.15) is 0 Å². The van der Waals surface area contributed by atoms with Gasteiger partial charge in [-0.25, -0.2) is 4.98 Å². The van der Waals surface area contributed by atoms with E-state index in [0.29, 0.717) is 6.61 Å². The van der Waals surface area contributed by atoms with E-state index in [1.807, 2.05) is 6.20 Å². The van der Waals surface area contributed by atoms with Crippen molar-refractivity contribution >= 4 is 10.9 Å². The van der Waals surface area contributed by atoms with Crippen LogP contribution < -0.4 is 4.74 Å². The zero-order chi connectivity index (χ0) is 16.6. The lowest BCUT2D eigenvalue weighted by Gasteiger charge is -2.12. The van der Waals surface area contributed by atoms with Gasteiger partial charge in [0.25, 0.3) is 0 Å². The predicted octanol–water partition coefficient (Wildman–Crippen LogP) is 4.87. The van der Waals surface area contributed by atoms with Gasteiger partial charge in [-0.3, -0.25) is 0 Å². The molecule has 3 rings (SSSR count). The molecule has 0 unspecified atom stereocenters. The molecule has 0 aliphatic heterocycles. The smallest absolute Gasteiger partial charge is 0.238 e. The van der Waals surface area contributed by atoms with Gasteiger partial charge in [-0.1, -0.05) is 23.8 Å². The Morgan fingerprint density at radius 3 is 2.61 bits per heavy atom. The summed E-state index contributed by atoms with van der Waals surface area (Å²) in [6, 6.07) is 8.54. The van der Waals surface area contributed by atoms with Crippen molar-refractivity contribution in [3.05, 3.63) is 58.4 Å². The fraction of sp³-hybridized carbons (Fsp3) is 0.350. The Labute approximate surface area is 137 Å². The lowest BCUT2D eigenvalue weighted by atomic mass is 10.1. The van der Waals surface area contributed by atoms with Crippen molar-refractivity contribution in [1.29, 1.82) is 0 Å². The molecule has 0 N–H and O–H groups in total. The number of hydrogen-bond acceptors (Lipinski definition) is 2. The summed E-state index contributed by atoms with van der Waals surface area (Å²) >= 11 is 0. The highest BCUT2D eigenvalue weighted by atomic mass is 16.5. The van der Waals surface area contributed by atoms with Crippen molar-refractivity contribution in [2.45, 2.75) is 47.8 Å². The summed E-state index contributed by atoms with van der Waals surface area (Å²) in [5.41, 5.74) is 7.42. The molecule has 0 radical (unpaired) electrons. The highest BCUT2D eigenvalue weighted by Crippen LogP contribution is 2.31. The van der Waals surface area contributed by atoms with E-state index in [9.17, 15) is 0 Å². The summed E-state index contributed by atoms with van der Waals surface area (Å²) in [5, 5.41) is 1.23. The number of nitrogens with zero attached hydrogens (tertiary/aromatic N) is 2. The first kappa shape index (κ1) is 15.6. The van der Waals surface area contributed by atoms with Crippen LogP contribution in [-0.4, -0.2) is 9.55 Å². The highest BCUT2D eigenvalue weighted by Gasteiger charge is 2.15. The Morgan fingerprint density at radius 1 is 1.09 bits per heavy atom. The molecule has 0 bridgehead atoms. The number of aryl methyl sites for hydroxylation is 4. The van der Waals surface area contributed by atoms with Crippen LogP contribution in [0.4, 0.5) is 0 Å². The van der Waals surface area contributed by atoms with Gasteiger partial charge in [0.05, 0.1) is 0 Å². The predicted molar refractivity (Wildman–Crippen MR) is 95.1 cm³/mol. The molecule has 3 nitrogen and oxygen atoms in total. The highest BCUT2D eigenvalue weighted by molar-refractivity contribution is 5.88. The Bertz CT molecular complexity index is 862. The molecule has 120 valence electrons. The fourth-order valence-corrected chi connectivity index (χ4v) is 3.17. The molecule has 0 aliphatic rings. The minimum atomic E-state index is 0.548. The van der Waals surface area contributed by atoms with Crippen LogP contribution >= 0.6 is 0 Å². The summed E-state index contributed by atoms with van der Waals surface area (Å²) in [6.07, 6.45) is 1.84. The van der Waals surface area contributed by atoms with Crippen LogP contribution in [0, 0.1) is 27.7 Å². The van der Waals surface area contributed by atoms with Gasteiger partial charge < -0.3 is 9.30 Å². The van der Waals surface area contributed by atoms with Gasteiger partial charge in [0.15, 0.2) is 0 Å². The zero-order valence-corrected chi connectivity index (χ0v) is 14.6. The maximum atomic E-state index is 6.12. The van der Waals surface area contributed by atoms with E-state index >= 15 is 0 Å². The zero-order valence-electron chi connectivity index (χ0n) is 14.6. The average molecular weight is 308 g/mol. The number of hydrogen-bond donors (Lipinski definition) is 0. The molecule has 23 heavy (non-hydrogen) atoms. The Morgan fingerprint density at radius 2 is 1.87 bits per heavy atom. The summed E-state index contributed by atoms with van der Waals surface area (Å²) in [5.74, 6) is 0.724. The molecule has 0 amide bonds. The summed E-state index contributed by atoms with van der Waals surface area (Å²) < 4.78 is 8.41. The molecule has 0 fully saturated rings. The lowest BCUT2D eigenvalue weighted by Crippen LogP contribution is -2.03. The Hall–Kier alpha value is -2.29. The van der Waals surface area contributed by atoms with Gasteiger partial charge in [0, 0.05) is 23.8 Å². The topological polar surface area (TPSA) is 27.1 Å². The Balaban J connectivity index is 2.00. The molecule has 0 saturated carbocycles. The lowest BCUT2D eigenvalue weighted by molar-refractivity contribution is 0.295. The summed E-state index contributed by atoms with van der Waals surface area (Å²) in [6.45, 7) is 12.2. The number of ether oxygens (including phenoxy) is 1. The molecule has 0 atom stereocenters. The SMILES string of the molecule is CCn1c(C)c(C)c2ccnc(OCc3cc(C)ccc3C)c21. The molecule has 0 aliphatic carbocycles. The molecule has 1 aromatic carbocycles. The second-order valence-corrected chi connectivity index (χ2v) is 6.19. The van der Waals surface area contributed by atoms with Gasteiger partial charge in [0.2, 0.25) is 5.88 Å². The van der Waals surface area contributed by atoms with Crippen LogP contribution in [0.5, 0.6) is 5.88 Å². The number of aromatic nitrogens is 2. The van der Waals surface area contributed by atoms with E-state index in [2.05, 4.69) is 68.4 Å². The van der Waals surface area contributed by atoms with E-state index in [-0.39, 0.29) is 0 Å². The van der Waals surface area contributed by atoms with Crippen LogP contribution in [0.15, 0.2) is 30.5 Å². The van der Waals surface area contributed by atoms with Gasteiger partial charge >= 0.3 is 0 Å². The van der Waals surface area contributed by atoms with E-state index in [0.717, 1.165) is 17.9 Å². The maximum absolute atomic E-state index is 6.12. The summed E-state index contributed by atoms with van der Waals surface area (Å²) in [4.78, 5) is 4.49. The second-order valence-electron chi connectivity index (χ2n) is 6.19. The van der Waals surface area contributed by atoms with Gasteiger partial charge in [-0.05, 0) is 57.4 Å². The molecule has 3 aromatic rings. The van der Waals surface area contributed by atoms with Crippen LogP contribution in [0.2, 0.25) is 0 Å². The van der Waals surface area contributed by atoms with Crippen molar-refractivity contribution in [3.63, 3.8) is 0 Å². The molecule has 3 heteroatoms. The van der Waals surface area contributed by atoms with Crippen LogP contribution in [0.1, 0.15) is 34.9 Å². The normalized spacial score (nSPS) is 11.2. The van der Waals surface area contributed by atoms with E-state index in [1.54, 1.807) is 0 Å². The molecule has 0 saturated heterocycles. The van der Waals surface area contributed by atoms with Crippen molar-refractivity contribution < 1.29 is 4.74 Å². The van der Waals surface area contributed by atoms with Crippen LogP contribution in [0.25, 0.3) is 10.9 Å². The molecular formula is C20H24N2O. The third kappa shape index (κ3) is 2.72. The van der Waals surface area contributed by atoms with Crippen LogP contribution in [-0.2, 0) is 13.2 Å². The number of pyridine rings is 1. The Kier molecular flexibility index (Phi) is 4.12. The molecule has 2 heterocycles. The minimum Gasteiger partial charge on any atom is -0.471 e. The van der Waals surface area contributed by atoms with Crippen LogP contribution in [0.3, 0.4) is 0 Å². The third-order valence-corrected chi connectivity index (χ3v) is 4.70. The number of rotatable bonds is 4. The first-order chi connectivity index (χ1) is 11.0. The second kappa shape index (κ2) is 6.07. The summed E-state index contributed by atoms with van der Waals surface area (Å²) in [7, 11) is 0. The fourth-order valence-electron chi connectivity index (χ4n) is 3.17. The first-order valence-electron chi connectivity index (χ1n) is 8.16. The van der Waals surface area contributed by atoms with Gasteiger partial charge in [0.1, 0.15) is 12.1 Å². The van der Waals surface area contributed by atoms with Gasteiger partial charge in [-0.15, -0.1) is 0 Å². The van der Waals surface area contributed by atoms with Crippen molar-refractivity contribution in [1.82, 2.24) is 9.55 Å². The molecular weight excluding hydrogens is 284 g/mol. The van der Waals surface area contributed by atoms with E-state index < -0.39 is 0 Å². The third-order valence-electron chi connectivity index (χ3n) is 4.70. The number of fused-ring (bicyclic) bond motifs is 1.